The molecule has 0 unspecified atom stereocenters. The topological polar surface area (TPSA) is 105 Å². The predicted molar refractivity (Wildman–Crippen MR) is 95.2 cm³/mol. The Bertz CT molecular complexity index is 816. The first kappa shape index (κ1) is 17.9. The molecule has 0 saturated heterocycles. The fraction of sp³-hybridized carbons (Fsp3) is 0.176. The van der Waals surface area contributed by atoms with E-state index in [0.717, 1.165) is 0 Å². The van der Waals surface area contributed by atoms with Crippen LogP contribution in [-0.2, 0) is 0 Å². The first-order valence-corrected chi connectivity index (χ1v) is 7.42. The van der Waals surface area contributed by atoms with E-state index < -0.39 is 10.8 Å². The Kier molecular flexibility index (Phi) is 5.33. The summed E-state index contributed by atoms with van der Waals surface area (Å²) in [5.41, 5.74) is 1.53. The maximum Gasteiger partial charge on any atom is 0.270 e. The fourth-order valence-electron chi connectivity index (χ4n) is 2.26. The van der Waals surface area contributed by atoms with Gasteiger partial charge in [-0.2, -0.15) is 0 Å². The first-order valence-electron chi connectivity index (χ1n) is 7.42. The number of benzene rings is 2. The van der Waals surface area contributed by atoms with Gasteiger partial charge in [-0.3, -0.25) is 19.7 Å². The molecule has 2 aromatic rings. The van der Waals surface area contributed by atoms with Crippen molar-refractivity contribution >= 4 is 28.9 Å². The van der Waals surface area contributed by atoms with Crippen molar-refractivity contribution in [2.75, 3.05) is 31.4 Å². The lowest BCUT2D eigenvalue weighted by atomic mass is 10.1. The minimum atomic E-state index is -0.547. The van der Waals surface area contributed by atoms with Crippen molar-refractivity contribution in [3.63, 3.8) is 0 Å². The highest BCUT2D eigenvalue weighted by Crippen LogP contribution is 2.25. The number of nitrogens with one attached hydrogen (secondary N) is 2. The molecular weight excluding hydrogens is 324 g/mol. The Hall–Kier alpha value is -3.42. The van der Waals surface area contributed by atoms with E-state index in [1.165, 1.54) is 25.2 Å². The lowest BCUT2D eigenvalue weighted by molar-refractivity contribution is -0.384. The molecule has 2 amide bonds. The predicted octanol–water partition coefficient (Wildman–Crippen LogP) is 2.27. The molecule has 0 atom stereocenters. The summed E-state index contributed by atoms with van der Waals surface area (Å²) in [5, 5.41) is 16.2. The van der Waals surface area contributed by atoms with Gasteiger partial charge in [0.1, 0.15) is 0 Å². The Morgan fingerprint density at radius 3 is 2.20 bits per heavy atom. The van der Waals surface area contributed by atoms with Crippen molar-refractivity contribution in [3.8, 4) is 0 Å². The summed E-state index contributed by atoms with van der Waals surface area (Å²) < 4.78 is 0. The van der Waals surface area contributed by atoms with Gasteiger partial charge in [-0.15, -0.1) is 0 Å². The maximum atomic E-state index is 12.5. The molecule has 0 spiro atoms. The van der Waals surface area contributed by atoms with Crippen LogP contribution in [-0.4, -0.2) is 37.9 Å². The molecule has 130 valence electrons. The largest absolute Gasteiger partial charge is 0.377 e. The number of rotatable bonds is 5. The zero-order valence-corrected chi connectivity index (χ0v) is 14.1. The van der Waals surface area contributed by atoms with Gasteiger partial charge in [0.05, 0.1) is 10.5 Å². The smallest absolute Gasteiger partial charge is 0.270 e. The van der Waals surface area contributed by atoms with Crippen molar-refractivity contribution in [3.05, 3.63) is 63.7 Å². The van der Waals surface area contributed by atoms with Gasteiger partial charge >= 0.3 is 0 Å². The van der Waals surface area contributed by atoms with Gasteiger partial charge in [-0.05, 0) is 30.3 Å². The number of anilines is 2. The van der Waals surface area contributed by atoms with Crippen LogP contribution in [0.2, 0.25) is 0 Å². The van der Waals surface area contributed by atoms with E-state index in [9.17, 15) is 19.7 Å². The Morgan fingerprint density at radius 2 is 1.68 bits per heavy atom. The zero-order valence-electron chi connectivity index (χ0n) is 14.1. The van der Waals surface area contributed by atoms with Crippen molar-refractivity contribution in [2.45, 2.75) is 0 Å². The average Bonchev–Trinajstić information content (AvgIpc) is 2.60. The third-order valence-electron chi connectivity index (χ3n) is 3.55. The van der Waals surface area contributed by atoms with Crippen LogP contribution in [0.4, 0.5) is 17.1 Å². The third-order valence-corrected chi connectivity index (χ3v) is 3.55. The normalized spacial score (nSPS) is 10.0. The summed E-state index contributed by atoms with van der Waals surface area (Å²) in [6.07, 6.45) is 0. The number of nitro benzene ring substituents is 1. The molecule has 2 aromatic carbocycles. The monoisotopic (exact) mass is 342 g/mol. The van der Waals surface area contributed by atoms with E-state index >= 15 is 0 Å². The van der Waals surface area contributed by atoms with Gasteiger partial charge in [0, 0.05) is 50.2 Å². The maximum absolute atomic E-state index is 12.5. The lowest BCUT2D eigenvalue weighted by Crippen LogP contribution is -2.19. The van der Waals surface area contributed by atoms with Crippen LogP contribution in [0, 0.1) is 10.1 Å². The summed E-state index contributed by atoms with van der Waals surface area (Å²) in [4.78, 5) is 36.2. The Labute approximate surface area is 144 Å². The molecule has 0 aromatic heterocycles. The molecule has 0 fully saturated rings. The quantitative estimate of drug-likeness (QED) is 0.641. The summed E-state index contributed by atoms with van der Waals surface area (Å²) in [5.74, 6) is -0.702. The van der Waals surface area contributed by atoms with E-state index in [1.54, 1.807) is 43.3 Å². The van der Waals surface area contributed by atoms with Crippen molar-refractivity contribution in [2.24, 2.45) is 0 Å². The van der Waals surface area contributed by atoms with Gasteiger partial charge in [0.25, 0.3) is 17.5 Å². The zero-order chi connectivity index (χ0) is 18.6. The van der Waals surface area contributed by atoms with Gasteiger partial charge in [0.2, 0.25) is 0 Å². The van der Waals surface area contributed by atoms with Crippen LogP contribution >= 0.6 is 0 Å². The molecule has 0 aliphatic carbocycles. The van der Waals surface area contributed by atoms with Crippen molar-refractivity contribution in [1.29, 1.82) is 0 Å². The number of nitro groups is 1. The number of carbonyl (C=O) groups excluding carboxylic acids is 2. The molecule has 0 aliphatic rings. The number of amides is 2. The molecule has 2 N–H and O–H groups in total. The second-order valence-electron chi connectivity index (χ2n) is 5.46. The average molecular weight is 342 g/mol. The van der Waals surface area contributed by atoms with Gasteiger partial charge in [0.15, 0.2) is 0 Å². The molecule has 0 radical (unpaired) electrons. The molecule has 8 heteroatoms. The number of hydrogen-bond donors (Lipinski definition) is 2. The summed E-state index contributed by atoms with van der Waals surface area (Å²) in [7, 11) is 5.02. The molecule has 2 rings (SSSR count). The van der Waals surface area contributed by atoms with Crippen LogP contribution in [0.15, 0.2) is 42.5 Å². The molecule has 25 heavy (non-hydrogen) atoms. The number of non-ortho nitro benzene ring substituents is 1. The summed E-state index contributed by atoms with van der Waals surface area (Å²) >= 11 is 0. The molecule has 0 heterocycles. The van der Waals surface area contributed by atoms with Gasteiger partial charge < -0.3 is 15.5 Å². The highest BCUT2D eigenvalue weighted by atomic mass is 16.6. The van der Waals surface area contributed by atoms with Crippen LogP contribution in [0.1, 0.15) is 20.7 Å². The van der Waals surface area contributed by atoms with E-state index in [2.05, 4.69) is 10.6 Å². The van der Waals surface area contributed by atoms with Crippen molar-refractivity contribution < 1.29 is 14.5 Å². The minimum absolute atomic E-state index is 0.161. The second kappa shape index (κ2) is 7.43. The van der Waals surface area contributed by atoms with E-state index in [4.69, 9.17) is 0 Å². The summed E-state index contributed by atoms with van der Waals surface area (Å²) in [6, 6.07) is 10.5. The van der Waals surface area contributed by atoms with E-state index in [0.29, 0.717) is 16.9 Å². The van der Waals surface area contributed by atoms with E-state index in [-0.39, 0.29) is 17.2 Å². The standard InChI is InChI=1S/C17H18N4O4/c1-18-16(22)11-4-6-12(7-5-11)19-17(23)14-10-13(21(24)25)8-9-15(14)20(2)3/h4-10H,1-3H3,(H,18,22)(H,19,23). The Balaban J connectivity index is 2.29. The highest BCUT2D eigenvalue weighted by Gasteiger charge is 2.18. The molecular formula is C17H18N4O4. The second-order valence-corrected chi connectivity index (χ2v) is 5.46. The number of hydrogen-bond acceptors (Lipinski definition) is 5. The van der Waals surface area contributed by atoms with E-state index in [1.807, 2.05) is 0 Å². The van der Waals surface area contributed by atoms with Gasteiger partial charge in [-0.25, -0.2) is 0 Å². The van der Waals surface area contributed by atoms with Crippen LogP contribution in [0.25, 0.3) is 0 Å². The first-order chi connectivity index (χ1) is 11.8. The molecule has 8 nitrogen and oxygen atoms in total. The number of carbonyl (C=O) groups is 2. The highest BCUT2D eigenvalue weighted by molar-refractivity contribution is 6.08. The molecule has 0 aliphatic heterocycles. The molecule has 0 bridgehead atoms. The van der Waals surface area contributed by atoms with Crippen LogP contribution in [0.5, 0.6) is 0 Å². The Morgan fingerprint density at radius 1 is 1.04 bits per heavy atom. The minimum Gasteiger partial charge on any atom is -0.377 e. The van der Waals surface area contributed by atoms with Gasteiger partial charge in [-0.1, -0.05) is 0 Å². The fourth-order valence-corrected chi connectivity index (χ4v) is 2.26. The third kappa shape index (κ3) is 4.11. The molecule has 0 saturated carbocycles. The summed E-state index contributed by atoms with van der Waals surface area (Å²) in [6.45, 7) is 0. The SMILES string of the molecule is CNC(=O)c1ccc(NC(=O)c2cc([N+](=O)[O-])ccc2N(C)C)cc1. The van der Waals surface area contributed by atoms with Crippen LogP contribution < -0.4 is 15.5 Å². The lowest BCUT2D eigenvalue weighted by Gasteiger charge is -2.17. The number of nitrogens with zero attached hydrogens (tertiary/aromatic N) is 2. The van der Waals surface area contributed by atoms with Crippen LogP contribution in [0.3, 0.4) is 0 Å². The van der Waals surface area contributed by atoms with Crippen molar-refractivity contribution in [1.82, 2.24) is 5.32 Å².